The Balaban J connectivity index is 2.85. The van der Waals surface area contributed by atoms with Gasteiger partial charge in [-0.05, 0) is 19.1 Å². The predicted octanol–water partition coefficient (Wildman–Crippen LogP) is 0.923. The largest absolute Gasteiger partial charge is 0.493 e. The Hall–Kier alpha value is -2.28. The summed E-state index contributed by atoms with van der Waals surface area (Å²) in [4.78, 5) is 23.0. The Labute approximate surface area is 122 Å². The highest BCUT2D eigenvalue weighted by atomic mass is 16.5. The molecule has 0 spiro atoms. The van der Waals surface area contributed by atoms with Crippen LogP contribution in [0.2, 0.25) is 0 Å². The van der Waals surface area contributed by atoms with E-state index in [1.165, 1.54) is 27.2 Å². The summed E-state index contributed by atoms with van der Waals surface area (Å²) in [5, 5.41) is 11.8. The molecule has 1 unspecified atom stereocenters. The molecular weight excluding hydrogens is 278 g/mol. The lowest BCUT2D eigenvalue weighted by molar-refractivity contribution is -0.127. The smallest absolute Gasteiger partial charge is 0.339 e. The lowest BCUT2D eigenvalue weighted by atomic mass is 10.2. The highest BCUT2D eigenvalue weighted by Crippen LogP contribution is 2.31. The van der Waals surface area contributed by atoms with Gasteiger partial charge >= 0.3 is 5.97 Å². The highest BCUT2D eigenvalue weighted by molar-refractivity contribution is 5.92. The zero-order chi connectivity index (χ0) is 15.8. The van der Waals surface area contributed by atoms with Gasteiger partial charge in [0.15, 0.2) is 17.6 Å². The van der Waals surface area contributed by atoms with Gasteiger partial charge in [0.1, 0.15) is 5.56 Å². The van der Waals surface area contributed by atoms with Crippen LogP contribution < -0.4 is 14.8 Å². The van der Waals surface area contributed by atoms with E-state index in [1.54, 1.807) is 12.1 Å². The monoisotopic (exact) mass is 297 g/mol. The van der Waals surface area contributed by atoms with Crippen LogP contribution in [0, 0.1) is 0 Å². The first kappa shape index (κ1) is 16.8. The number of benzene rings is 1. The third-order valence-corrected chi connectivity index (χ3v) is 2.70. The highest BCUT2D eigenvalue weighted by Gasteiger charge is 2.21. The van der Waals surface area contributed by atoms with Crippen molar-refractivity contribution >= 4 is 11.9 Å². The molecule has 2 N–H and O–H groups in total. The maximum atomic E-state index is 11.8. The molecule has 1 aromatic carbocycles. The van der Waals surface area contributed by atoms with Crippen molar-refractivity contribution in [1.82, 2.24) is 5.32 Å². The van der Waals surface area contributed by atoms with Crippen molar-refractivity contribution < 1.29 is 28.9 Å². The zero-order valence-electron chi connectivity index (χ0n) is 12.2. The van der Waals surface area contributed by atoms with Crippen LogP contribution in [0.3, 0.4) is 0 Å². The van der Waals surface area contributed by atoms with E-state index in [9.17, 15) is 9.59 Å². The number of ether oxygens (including phenoxy) is 3. The van der Waals surface area contributed by atoms with Crippen molar-refractivity contribution in [1.29, 1.82) is 0 Å². The van der Waals surface area contributed by atoms with Crippen molar-refractivity contribution in [3.05, 3.63) is 23.8 Å². The molecule has 0 heterocycles. The van der Waals surface area contributed by atoms with Crippen LogP contribution in [0.5, 0.6) is 11.5 Å². The Morgan fingerprint density at radius 2 is 2.05 bits per heavy atom. The number of nitrogens with one attached hydrogen (secondary N) is 1. The van der Waals surface area contributed by atoms with E-state index in [0.29, 0.717) is 13.2 Å². The molecular formula is C14H19NO6. The SMILES string of the molecule is COCCNC(=O)C(C)Oc1c(OC)cccc1C(=O)O. The first-order valence-corrected chi connectivity index (χ1v) is 6.34. The Bertz CT molecular complexity index is 502. The molecule has 0 saturated heterocycles. The second-order valence-electron chi connectivity index (χ2n) is 4.19. The van der Waals surface area contributed by atoms with E-state index >= 15 is 0 Å². The van der Waals surface area contributed by atoms with Crippen LogP contribution in [0.25, 0.3) is 0 Å². The molecule has 0 saturated carbocycles. The zero-order valence-corrected chi connectivity index (χ0v) is 12.2. The van der Waals surface area contributed by atoms with E-state index in [-0.39, 0.29) is 23.0 Å². The number of amides is 1. The van der Waals surface area contributed by atoms with Crippen molar-refractivity contribution in [3.8, 4) is 11.5 Å². The second-order valence-corrected chi connectivity index (χ2v) is 4.19. The molecule has 0 aliphatic rings. The summed E-state index contributed by atoms with van der Waals surface area (Å²) in [5.41, 5.74) is -0.0640. The lowest BCUT2D eigenvalue weighted by Crippen LogP contribution is -2.38. The molecule has 0 radical (unpaired) electrons. The van der Waals surface area contributed by atoms with E-state index in [2.05, 4.69) is 5.32 Å². The summed E-state index contributed by atoms with van der Waals surface area (Å²) in [7, 11) is 2.93. The maximum absolute atomic E-state index is 11.8. The standard InChI is InChI=1S/C14H19NO6/c1-9(13(16)15-7-8-19-2)21-12-10(14(17)18)5-4-6-11(12)20-3/h4-6,9H,7-8H2,1-3H3,(H,15,16)(H,17,18). The van der Waals surface area contributed by atoms with Gasteiger partial charge in [0, 0.05) is 13.7 Å². The van der Waals surface area contributed by atoms with E-state index in [0.717, 1.165) is 0 Å². The van der Waals surface area contributed by atoms with Crippen molar-refractivity contribution in [2.75, 3.05) is 27.4 Å². The summed E-state index contributed by atoms with van der Waals surface area (Å²) in [5.74, 6) is -1.24. The molecule has 1 aromatic rings. The number of methoxy groups -OCH3 is 2. The molecule has 1 rings (SSSR count). The average Bonchev–Trinajstić information content (AvgIpc) is 2.47. The Morgan fingerprint density at radius 1 is 1.33 bits per heavy atom. The minimum Gasteiger partial charge on any atom is -0.493 e. The molecule has 1 atom stereocenters. The van der Waals surface area contributed by atoms with Gasteiger partial charge in [-0.1, -0.05) is 6.07 Å². The molecule has 21 heavy (non-hydrogen) atoms. The second kappa shape index (κ2) is 8.11. The summed E-state index contributed by atoms with van der Waals surface area (Å²) in [6, 6.07) is 4.49. The number of rotatable bonds is 8. The Kier molecular flexibility index (Phi) is 6.48. The quantitative estimate of drug-likeness (QED) is 0.693. The first-order chi connectivity index (χ1) is 10.0. The number of hydrogen-bond acceptors (Lipinski definition) is 5. The van der Waals surface area contributed by atoms with E-state index in [1.807, 2.05) is 0 Å². The van der Waals surface area contributed by atoms with Gasteiger partial charge in [-0.2, -0.15) is 0 Å². The van der Waals surface area contributed by atoms with Gasteiger partial charge < -0.3 is 24.6 Å². The van der Waals surface area contributed by atoms with E-state index in [4.69, 9.17) is 19.3 Å². The summed E-state index contributed by atoms with van der Waals surface area (Å²) >= 11 is 0. The van der Waals surface area contributed by atoms with Gasteiger partial charge in [-0.15, -0.1) is 0 Å². The van der Waals surface area contributed by atoms with Crippen LogP contribution >= 0.6 is 0 Å². The molecule has 7 heteroatoms. The van der Waals surface area contributed by atoms with Gasteiger partial charge in [-0.25, -0.2) is 4.79 Å². The molecule has 0 bridgehead atoms. The molecule has 116 valence electrons. The third-order valence-electron chi connectivity index (χ3n) is 2.70. The van der Waals surface area contributed by atoms with Crippen LogP contribution in [0.1, 0.15) is 17.3 Å². The number of carboxylic acids is 1. The molecule has 7 nitrogen and oxygen atoms in total. The van der Waals surface area contributed by atoms with Gasteiger partial charge in [-0.3, -0.25) is 4.79 Å². The lowest BCUT2D eigenvalue weighted by Gasteiger charge is -2.18. The minimum absolute atomic E-state index is 0.0295. The molecule has 0 fully saturated rings. The van der Waals surface area contributed by atoms with Gasteiger partial charge in [0.2, 0.25) is 0 Å². The van der Waals surface area contributed by atoms with E-state index < -0.39 is 12.1 Å². The number of carbonyl (C=O) groups excluding carboxylic acids is 1. The molecule has 1 amide bonds. The topological polar surface area (TPSA) is 94.1 Å². The number of para-hydroxylation sites is 1. The van der Waals surface area contributed by atoms with Crippen LogP contribution in [0.15, 0.2) is 18.2 Å². The predicted molar refractivity (Wildman–Crippen MR) is 74.9 cm³/mol. The number of hydrogen-bond donors (Lipinski definition) is 2. The molecule has 0 aromatic heterocycles. The van der Waals surface area contributed by atoms with Crippen molar-refractivity contribution in [3.63, 3.8) is 0 Å². The van der Waals surface area contributed by atoms with Gasteiger partial charge in [0.25, 0.3) is 5.91 Å². The fraction of sp³-hybridized carbons (Fsp3) is 0.429. The van der Waals surface area contributed by atoms with Crippen molar-refractivity contribution in [2.45, 2.75) is 13.0 Å². The van der Waals surface area contributed by atoms with Crippen LogP contribution in [-0.4, -0.2) is 50.5 Å². The molecule has 0 aliphatic carbocycles. The summed E-state index contributed by atoms with van der Waals surface area (Å²) in [6.07, 6.45) is -0.865. The first-order valence-electron chi connectivity index (χ1n) is 6.34. The van der Waals surface area contributed by atoms with Crippen LogP contribution in [-0.2, 0) is 9.53 Å². The third kappa shape index (κ3) is 4.64. The number of aromatic carboxylic acids is 1. The fourth-order valence-electron chi connectivity index (χ4n) is 1.62. The normalized spacial score (nSPS) is 11.6. The van der Waals surface area contributed by atoms with Gasteiger partial charge in [0.05, 0.1) is 13.7 Å². The summed E-state index contributed by atoms with van der Waals surface area (Å²) < 4.78 is 15.4. The van der Waals surface area contributed by atoms with Crippen molar-refractivity contribution in [2.24, 2.45) is 0 Å². The number of carbonyl (C=O) groups is 2. The summed E-state index contributed by atoms with van der Waals surface area (Å²) in [6.45, 7) is 2.26. The fourth-order valence-corrected chi connectivity index (χ4v) is 1.62. The number of carboxylic acid groups (broad SMARTS) is 1. The Morgan fingerprint density at radius 3 is 2.62 bits per heavy atom. The maximum Gasteiger partial charge on any atom is 0.339 e. The minimum atomic E-state index is -1.16. The average molecular weight is 297 g/mol. The molecule has 0 aliphatic heterocycles. The van der Waals surface area contributed by atoms with Crippen LogP contribution in [0.4, 0.5) is 0 Å².